The first-order valence-electron chi connectivity index (χ1n) is 5.30. The molecule has 0 heterocycles. The van der Waals surface area contributed by atoms with Crippen molar-refractivity contribution in [1.82, 2.24) is 0 Å². The van der Waals surface area contributed by atoms with E-state index in [0.717, 1.165) is 18.3 Å². The van der Waals surface area contributed by atoms with Gasteiger partial charge in [0.2, 0.25) is 0 Å². The molecule has 1 unspecified atom stereocenters. The van der Waals surface area contributed by atoms with E-state index in [1.54, 1.807) is 0 Å². The Bertz CT molecular complexity index is 211. The molecule has 0 aliphatic heterocycles. The molecule has 0 spiro atoms. The lowest BCUT2D eigenvalue weighted by Crippen LogP contribution is -2.08. The van der Waals surface area contributed by atoms with Gasteiger partial charge < -0.3 is 0 Å². The molecule has 1 nitrogen and oxygen atoms in total. The summed E-state index contributed by atoms with van der Waals surface area (Å²) < 4.78 is 0. The largest absolute Gasteiger partial charge is 0.298 e. The zero-order valence-corrected chi connectivity index (χ0v) is 9.79. The minimum atomic E-state index is 0.318. The van der Waals surface area contributed by atoms with Crippen molar-refractivity contribution < 1.29 is 4.79 Å². The predicted octanol–water partition coefficient (Wildman–Crippen LogP) is 3.62. The quantitative estimate of drug-likeness (QED) is 0.358. The Morgan fingerprint density at radius 3 is 2.14 bits per heavy atom. The second-order valence-electron chi connectivity index (χ2n) is 4.37. The van der Waals surface area contributed by atoms with Crippen LogP contribution in [-0.4, -0.2) is 6.29 Å². The van der Waals surface area contributed by atoms with Gasteiger partial charge in [0.05, 0.1) is 0 Å². The Labute approximate surface area is 87.9 Å². The standard InChI is InChI=1S/C13H22O/c1-6-7-12(10(2)3)8-13(9-14)11(4)5/h6,8-12H,1,7H2,2-5H3. The second-order valence-corrected chi connectivity index (χ2v) is 4.37. The topological polar surface area (TPSA) is 17.1 Å². The molecule has 0 bridgehead atoms. The van der Waals surface area contributed by atoms with E-state index in [4.69, 9.17) is 0 Å². The van der Waals surface area contributed by atoms with Crippen LogP contribution < -0.4 is 0 Å². The van der Waals surface area contributed by atoms with Gasteiger partial charge in [-0.1, -0.05) is 39.8 Å². The maximum atomic E-state index is 10.8. The predicted molar refractivity (Wildman–Crippen MR) is 62.1 cm³/mol. The highest BCUT2D eigenvalue weighted by Gasteiger charge is 2.11. The Morgan fingerprint density at radius 2 is 1.86 bits per heavy atom. The molecule has 0 radical (unpaired) electrons. The minimum Gasteiger partial charge on any atom is -0.298 e. The van der Waals surface area contributed by atoms with Crippen LogP contribution in [0.3, 0.4) is 0 Å². The van der Waals surface area contributed by atoms with Crippen LogP contribution in [0, 0.1) is 17.8 Å². The summed E-state index contributed by atoms with van der Waals surface area (Å²) in [5.74, 6) is 1.32. The normalized spacial score (nSPS) is 14.6. The van der Waals surface area contributed by atoms with Crippen LogP contribution in [0.4, 0.5) is 0 Å². The molecule has 1 atom stereocenters. The molecular weight excluding hydrogens is 172 g/mol. The van der Waals surface area contributed by atoms with E-state index in [0.29, 0.717) is 17.8 Å². The number of hydrogen-bond donors (Lipinski definition) is 0. The van der Waals surface area contributed by atoms with Crippen molar-refractivity contribution in [3.63, 3.8) is 0 Å². The maximum Gasteiger partial charge on any atom is 0.145 e. The average Bonchev–Trinajstić information content (AvgIpc) is 2.11. The lowest BCUT2D eigenvalue weighted by Gasteiger charge is -2.17. The lowest BCUT2D eigenvalue weighted by atomic mass is 9.88. The molecule has 0 saturated carbocycles. The second kappa shape index (κ2) is 6.58. The van der Waals surface area contributed by atoms with Gasteiger partial charge in [-0.2, -0.15) is 0 Å². The number of aldehydes is 1. The first-order valence-corrected chi connectivity index (χ1v) is 5.30. The molecule has 1 heteroatoms. The van der Waals surface area contributed by atoms with Gasteiger partial charge in [-0.15, -0.1) is 6.58 Å². The smallest absolute Gasteiger partial charge is 0.145 e. The SMILES string of the molecule is C=CCC(C=C(C=O)C(C)C)C(C)C. The maximum absolute atomic E-state index is 10.8. The van der Waals surface area contributed by atoms with Crippen LogP contribution in [0.25, 0.3) is 0 Å². The molecule has 0 saturated heterocycles. The van der Waals surface area contributed by atoms with E-state index in [2.05, 4.69) is 26.5 Å². The highest BCUT2D eigenvalue weighted by Crippen LogP contribution is 2.21. The molecule has 0 fully saturated rings. The van der Waals surface area contributed by atoms with Crippen LogP contribution in [0.5, 0.6) is 0 Å². The van der Waals surface area contributed by atoms with Crippen molar-refractivity contribution in [2.75, 3.05) is 0 Å². The molecule has 0 N–H and O–H groups in total. The zero-order valence-electron chi connectivity index (χ0n) is 9.79. The highest BCUT2D eigenvalue weighted by atomic mass is 16.1. The molecule has 0 aliphatic carbocycles. The molecule has 0 aromatic rings. The van der Waals surface area contributed by atoms with Crippen molar-refractivity contribution in [3.05, 3.63) is 24.3 Å². The van der Waals surface area contributed by atoms with Gasteiger partial charge >= 0.3 is 0 Å². The van der Waals surface area contributed by atoms with E-state index in [1.807, 2.05) is 19.9 Å². The molecular formula is C13H22O. The van der Waals surface area contributed by atoms with Crippen LogP contribution >= 0.6 is 0 Å². The zero-order chi connectivity index (χ0) is 11.1. The van der Waals surface area contributed by atoms with E-state index in [1.165, 1.54) is 0 Å². The van der Waals surface area contributed by atoms with E-state index < -0.39 is 0 Å². The van der Waals surface area contributed by atoms with Crippen LogP contribution in [0.1, 0.15) is 34.1 Å². The van der Waals surface area contributed by atoms with Gasteiger partial charge in [0.1, 0.15) is 6.29 Å². The number of allylic oxidation sites excluding steroid dienone is 3. The van der Waals surface area contributed by atoms with Crippen LogP contribution in [-0.2, 0) is 4.79 Å². The van der Waals surface area contributed by atoms with Crippen molar-refractivity contribution in [2.24, 2.45) is 17.8 Å². The summed E-state index contributed by atoms with van der Waals surface area (Å²) in [5, 5.41) is 0. The first kappa shape index (κ1) is 13.2. The van der Waals surface area contributed by atoms with Gasteiger partial charge in [0.25, 0.3) is 0 Å². The average molecular weight is 194 g/mol. The van der Waals surface area contributed by atoms with Gasteiger partial charge in [0, 0.05) is 0 Å². The number of rotatable bonds is 6. The van der Waals surface area contributed by atoms with Gasteiger partial charge in [-0.3, -0.25) is 4.79 Å². The van der Waals surface area contributed by atoms with Crippen molar-refractivity contribution in [1.29, 1.82) is 0 Å². The van der Waals surface area contributed by atoms with E-state index >= 15 is 0 Å². The summed E-state index contributed by atoms with van der Waals surface area (Å²) >= 11 is 0. The fourth-order valence-electron chi connectivity index (χ4n) is 1.34. The summed E-state index contributed by atoms with van der Waals surface area (Å²) in [7, 11) is 0. The number of hydrogen-bond acceptors (Lipinski definition) is 1. The Morgan fingerprint density at radius 1 is 1.29 bits per heavy atom. The number of carbonyl (C=O) groups excluding carboxylic acids is 1. The van der Waals surface area contributed by atoms with Crippen LogP contribution in [0.15, 0.2) is 24.3 Å². The molecule has 0 aromatic heterocycles. The Balaban J connectivity index is 4.65. The summed E-state index contributed by atoms with van der Waals surface area (Å²) in [4.78, 5) is 10.8. The Kier molecular flexibility index (Phi) is 6.18. The highest BCUT2D eigenvalue weighted by molar-refractivity contribution is 5.73. The molecule has 80 valence electrons. The van der Waals surface area contributed by atoms with E-state index in [9.17, 15) is 4.79 Å². The first-order chi connectivity index (χ1) is 6.52. The molecule has 0 aromatic carbocycles. The molecule has 0 aliphatic rings. The number of carbonyl (C=O) groups is 1. The Hall–Kier alpha value is -0.850. The summed E-state index contributed by atoms with van der Waals surface area (Å²) in [5.41, 5.74) is 0.908. The fourth-order valence-corrected chi connectivity index (χ4v) is 1.34. The van der Waals surface area contributed by atoms with Crippen molar-refractivity contribution in [3.8, 4) is 0 Å². The molecule has 0 rings (SSSR count). The van der Waals surface area contributed by atoms with Crippen molar-refractivity contribution >= 4 is 6.29 Å². The third-order valence-corrected chi connectivity index (χ3v) is 2.50. The fraction of sp³-hybridized carbons (Fsp3) is 0.615. The van der Waals surface area contributed by atoms with Gasteiger partial charge in [0.15, 0.2) is 0 Å². The summed E-state index contributed by atoms with van der Waals surface area (Å²) in [6, 6.07) is 0. The van der Waals surface area contributed by atoms with Crippen LogP contribution in [0.2, 0.25) is 0 Å². The summed E-state index contributed by atoms with van der Waals surface area (Å²) in [6.45, 7) is 12.2. The monoisotopic (exact) mass is 194 g/mol. The van der Waals surface area contributed by atoms with E-state index in [-0.39, 0.29) is 0 Å². The van der Waals surface area contributed by atoms with Gasteiger partial charge in [-0.05, 0) is 29.7 Å². The van der Waals surface area contributed by atoms with Crippen molar-refractivity contribution in [2.45, 2.75) is 34.1 Å². The lowest BCUT2D eigenvalue weighted by molar-refractivity contribution is -0.105. The molecule has 14 heavy (non-hydrogen) atoms. The minimum absolute atomic E-state index is 0.318. The third-order valence-electron chi connectivity index (χ3n) is 2.50. The van der Waals surface area contributed by atoms with Gasteiger partial charge in [-0.25, -0.2) is 0 Å². The third kappa shape index (κ3) is 4.40. The molecule has 0 amide bonds. The summed E-state index contributed by atoms with van der Waals surface area (Å²) in [6.07, 6.45) is 5.94.